The Morgan fingerprint density at radius 3 is 2.75 bits per heavy atom. The minimum absolute atomic E-state index is 0.0316. The molecule has 2 nitrogen and oxygen atoms in total. The van der Waals surface area contributed by atoms with E-state index < -0.39 is 0 Å². The van der Waals surface area contributed by atoms with E-state index in [2.05, 4.69) is 18.3 Å². The van der Waals surface area contributed by atoms with Gasteiger partial charge in [-0.2, -0.15) is 0 Å². The van der Waals surface area contributed by atoms with Crippen molar-refractivity contribution in [2.45, 2.75) is 58.6 Å². The Labute approximate surface area is 121 Å². The van der Waals surface area contributed by atoms with Gasteiger partial charge in [-0.1, -0.05) is 13.0 Å². The number of nitrogens with one attached hydrogen (secondary N) is 1. The molecule has 0 spiro atoms. The zero-order valence-corrected chi connectivity index (χ0v) is 12.8. The zero-order chi connectivity index (χ0) is 14.5. The lowest BCUT2D eigenvalue weighted by Gasteiger charge is -2.32. The van der Waals surface area contributed by atoms with Crippen LogP contribution in [0.15, 0.2) is 12.1 Å². The lowest BCUT2D eigenvalue weighted by atomic mass is 9.91. The summed E-state index contributed by atoms with van der Waals surface area (Å²) in [5.74, 6) is -0.106. The molecule has 1 aliphatic rings. The lowest BCUT2D eigenvalue weighted by Crippen LogP contribution is -2.37. The molecule has 1 aliphatic heterocycles. The van der Waals surface area contributed by atoms with Crippen LogP contribution >= 0.6 is 0 Å². The molecule has 0 aromatic heterocycles. The summed E-state index contributed by atoms with van der Waals surface area (Å²) in [6.45, 7) is 7.74. The van der Waals surface area contributed by atoms with Crippen LogP contribution in [0.1, 0.15) is 55.3 Å². The fraction of sp³-hybridized carbons (Fsp3) is 0.647. The minimum atomic E-state index is -0.106. The van der Waals surface area contributed by atoms with E-state index >= 15 is 0 Å². The van der Waals surface area contributed by atoms with E-state index in [1.54, 1.807) is 6.07 Å². The number of hydrogen-bond acceptors (Lipinski definition) is 2. The molecule has 3 heteroatoms. The van der Waals surface area contributed by atoms with Crippen LogP contribution in [0.25, 0.3) is 0 Å². The normalized spacial score (nSPS) is 20.9. The monoisotopic (exact) mass is 279 g/mol. The van der Waals surface area contributed by atoms with Crippen LogP contribution in [0.3, 0.4) is 0 Å². The highest BCUT2D eigenvalue weighted by atomic mass is 19.1. The highest BCUT2D eigenvalue weighted by Gasteiger charge is 2.28. The topological polar surface area (TPSA) is 21.3 Å². The lowest BCUT2D eigenvalue weighted by molar-refractivity contribution is -0.00900. The summed E-state index contributed by atoms with van der Waals surface area (Å²) in [7, 11) is 0. The van der Waals surface area contributed by atoms with Crippen LogP contribution in [0.4, 0.5) is 4.39 Å². The number of aryl methyl sites for hydroxylation is 2. The van der Waals surface area contributed by atoms with Gasteiger partial charge in [0.2, 0.25) is 0 Å². The van der Waals surface area contributed by atoms with Gasteiger partial charge >= 0.3 is 0 Å². The molecule has 1 saturated heterocycles. The zero-order valence-electron chi connectivity index (χ0n) is 12.8. The Hall–Kier alpha value is -0.930. The van der Waals surface area contributed by atoms with E-state index in [1.807, 2.05) is 13.8 Å². The van der Waals surface area contributed by atoms with Crippen LogP contribution in [0, 0.1) is 19.7 Å². The van der Waals surface area contributed by atoms with Crippen LogP contribution in [0.2, 0.25) is 0 Å². The summed E-state index contributed by atoms with van der Waals surface area (Å²) in [4.78, 5) is 0. The molecule has 0 aliphatic carbocycles. The summed E-state index contributed by atoms with van der Waals surface area (Å²) in [5, 5.41) is 3.49. The third-order valence-corrected chi connectivity index (χ3v) is 3.99. The first-order valence-corrected chi connectivity index (χ1v) is 7.75. The van der Waals surface area contributed by atoms with E-state index in [-0.39, 0.29) is 18.0 Å². The molecule has 2 atom stereocenters. The molecule has 1 fully saturated rings. The number of benzene rings is 1. The van der Waals surface area contributed by atoms with Gasteiger partial charge in [-0.15, -0.1) is 0 Å². The molecule has 20 heavy (non-hydrogen) atoms. The van der Waals surface area contributed by atoms with E-state index in [0.717, 1.165) is 49.1 Å². The van der Waals surface area contributed by atoms with Crippen molar-refractivity contribution in [3.63, 3.8) is 0 Å². The van der Waals surface area contributed by atoms with Crippen molar-refractivity contribution >= 4 is 0 Å². The SMILES string of the molecule is CCCNC(c1c(C)cc(C)cc1F)C1CCCCO1. The van der Waals surface area contributed by atoms with Gasteiger partial charge in [0, 0.05) is 12.2 Å². The Morgan fingerprint density at radius 1 is 1.35 bits per heavy atom. The van der Waals surface area contributed by atoms with E-state index in [9.17, 15) is 4.39 Å². The van der Waals surface area contributed by atoms with Crippen molar-refractivity contribution in [1.29, 1.82) is 0 Å². The standard InChI is InChI=1S/C17H26FNO/c1-4-8-19-17(15-7-5-6-9-20-15)16-13(3)10-12(2)11-14(16)18/h10-11,15,17,19H,4-9H2,1-3H3. The molecule has 1 aromatic carbocycles. The fourth-order valence-electron chi connectivity index (χ4n) is 3.07. The summed E-state index contributed by atoms with van der Waals surface area (Å²) in [6.07, 6.45) is 4.42. The summed E-state index contributed by atoms with van der Waals surface area (Å²) < 4.78 is 20.4. The van der Waals surface area contributed by atoms with Crippen molar-refractivity contribution in [3.05, 3.63) is 34.6 Å². The maximum atomic E-state index is 14.4. The third kappa shape index (κ3) is 3.58. The second-order valence-electron chi connectivity index (χ2n) is 5.81. The Morgan fingerprint density at radius 2 is 2.15 bits per heavy atom. The maximum absolute atomic E-state index is 14.4. The molecule has 1 aromatic rings. The first kappa shape index (κ1) is 15.5. The Kier molecular flexibility index (Phi) is 5.55. The van der Waals surface area contributed by atoms with Crippen LogP contribution < -0.4 is 5.32 Å². The smallest absolute Gasteiger partial charge is 0.128 e. The van der Waals surface area contributed by atoms with E-state index in [1.165, 1.54) is 6.42 Å². The molecule has 1 N–H and O–H groups in total. The van der Waals surface area contributed by atoms with Gasteiger partial charge in [-0.05, 0) is 63.3 Å². The summed E-state index contributed by atoms with van der Waals surface area (Å²) in [6, 6.07) is 3.66. The van der Waals surface area contributed by atoms with Crippen molar-refractivity contribution in [2.24, 2.45) is 0 Å². The van der Waals surface area contributed by atoms with Gasteiger partial charge in [0.15, 0.2) is 0 Å². The quantitative estimate of drug-likeness (QED) is 0.878. The number of hydrogen-bond donors (Lipinski definition) is 1. The van der Waals surface area contributed by atoms with Crippen molar-refractivity contribution in [1.82, 2.24) is 5.32 Å². The predicted molar refractivity (Wildman–Crippen MR) is 80.5 cm³/mol. The molecule has 0 amide bonds. The van der Waals surface area contributed by atoms with Crippen LogP contribution in [-0.2, 0) is 4.74 Å². The van der Waals surface area contributed by atoms with Gasteiger partial charge in [0.1, 0.15) is 5.82 Å². The largest absolute Gasteiger partial charge is 0.376 e. The fourth-order valence-corrected chi connectivity index (χ4v) is 3.07. The molecule has 0 bridgehead atoms. The maximum Gasteiger partial charge on any atom is 0.128 e. The number of rotatable bonds is 5. The molecule has 112 valence electrons. The van der Waals surface area contributed by atoms with Crippen LogP contribution in [0.5, 0.6) is 0 Å². The molecule has 0 saturated carbocycles. The molecular weight excluding hydrogens is 253 g/mol. The number of halogens is 1. The summed E-state index contributed by atoms with van der Waals surface area (Å²) >= 11 is 0. The van der Waals surface area contributed by atoms with E-state index in [4.69, 9.17) is 4.74 Å². The van der Waals surface area contributed by atoms with Gasteiger partial charge in [0.25, 0.3) is 0 Å². The van der Waals surface area contributed by atoms with Crippen molar-refractivity contribution in [3.8, 4) is 0 Å². The second-order valence-corrected chi connectivity index (χ2v) is 5.81. The van der Waals surface area contributed by atoms with Gasteiger partial charge in [-0.3, -0.25) is 0 Å². The van der Waals surface area contributed by atoms with Gasteiger partial charge < -0.3 is 10.1 Å². The Balaban J connectivity index is 2.29. The minimum Gasteiger partial charge on any atom is -0.376 e. The second kappa shape index (κ2) is 7.19. The van der Waals surface area contributed by atoms with Gasteiger partial charge in [-0.25, -0.2) is 4.39 Å². The molecule has 2 rings (SSSR count). The first-order valence-electron chi connectivity index (χ1n) is 7.75. The average Bonchev–Trinajstić information content (AvgIpc) is 2.42. The molecule has 1 heterocycles. The predicted octanol–water partition coefficient (Wildman–Crippen LogP) is 4.05. The average molecular weight is 279 g/mol. The van der Waals surface area contributed by atoms with Crippen molar-refractivity contribution in [2.75, 3.05) is 13.2 Å². The van der Waals surface area contributed by atoms with Crippen LogP contribution in [-0.4, -0.2) is 19.3 Å². The molecule has 0 radical (unpaired) electrons. The molecule has 2 unspecified atom stereocenters. The van der Waals surface area contributed by atoms with Gasteiger partial charge in [0.05, 0.1) is 12.1 Å². The Bertz CT molecular complexity index is 418. The number of ether oxygens (including phenoxy) is 1. The first-order chi connectivity index (χ1) is 9.63. The highest BCUT2D eigenvalue weighted by Crippen LogP contribution is 2.31. The third-order valence-electron chi connectivity index (χ3n) is 3.99. The highest BCUT2D eigenvalue weighted by molar-refractivity contribution is 5.35. The van der Waals surface area contributed by atoms with E-state index in [0.29, 0.717) is 0 Å². The van der Waals surface area contributed by atoms with Crippen molar-refractivity contribution < 1.29 is 9.13 Å². The molecular formula is C17H26FNO. The summed E-state index contributed by atoms with van der Waals surface area (Å²) in [5.41, 5.74) is 2.78.